The summed E-state index contributed by atoms with van der Waals surface area (Å²) >= 11 is 1.83. The van der Waals surface area contributed by atoms with Gasteiger partial charge in [0.15, 0.2) is 0 Å². The molecule has 0 aliphatic carbocycles. The Kier molecular flexibility index (Phi) is 4.01. The Morgan fingerprint density at radius 1 is 1.57 bits per heavy atom. The van der Waals surface area contributed by atoms with Crippen molar-refractivity contribution in [3.8, 4) is 0 Å². The van der Waals surface area contributed by atoms with Gasteiger partial charge in [0.1, 0.15) is 0 Å². The van der Waals surface area contributed by atoms with Crippen molar-refractivity contribution >= 4 is 17.7 Å². The van der Waals surface area contributed by atoms with Gasteiger partial charge in [-0.2, -0.15) is 11.8 Å². The molecular formula is C10H18N2OS. The smallest absolute Gasteiger partial charge is 0.246 e. The molecule has 0 bridgehead atoms. The fourth-order valence-corrected chi connectivity index (χ4v) is 2.77. The van der Waals surface area contributed by atoms with Crippen LogP contribution in [0.4, 0.5) is 0 Å². The molecule has 1 aliphatic heterocycles. The minimum atomic E-state index is 0.0494. The summed E-state index contributed by atoms with van der Waals surface area (Å²) in [5, 5.41) is 0.522. The largest absolute Gasteiger partial charge is 0.336 e. The van der Waals surface area contributed by atoms with Crippen molar-refractivity contribution in [2.45, 2.75) is 11.3 Å². The lowest BCUT2D eigenvalue weighted by atomic mass is 10.2. The van der Waals surface area contributed by atoms with Gasteiger partial charge in [0.25, 0.3) is 0 Å². The van der Waals surface area contributed by atoms with Crippen LogP contribution < -0.4 is 0 Å². The molecule has 1 rings (SSSR count). The summed E-state index contributed by atoms with van der Waals surface area (Å²) in [5.74, 6) is 0.0494. The molecule has 1 saturated heterocycles. The van der Waals surface area contributed by atoms with Gasteiger partial charge in [0.2, 0.25) is 5.91 Å². The highest BCUT2D eigenvalue weighted by Gasteiger charge is 2.34. The van der Waals surface area contributed by atoms with E-state index in [1.54, 1.807) is 0 Å². The molecule has 0 aromatic heterocycles. The maximum Gasteiger partial charge on any atom is 0.246 e. The van der Waals surface area contributed by atoms with Crippen molar-refractivity contribution in [3.63, 3.8) is 0 Å². The molecule has 4 heteroatoms. The van der Waals surface area contributed by atoms with E-state index in [9.17, 15) is 4.79 Å². The number of thioether (sulfide) groups is 1. The Morgan fingerprint density at radius 3 is 2.57 bits per heavy atom. The number of carbonyl (C=O) groups is 1. The number of hydrogen-bond acceptors (Lipinski definition) is 3. The van der Waals surface area contributed by atoms with Crippen LogP contribution in [0.3, 0.4) is 0 Å². The van der Waals surface area contributed by atoms with Crippen molar-refractivity contribution in [2.24, 2.45) is 0 Å². The molecule has 3 nitrogen and oxygen atoms in total. The van der Waals surface area contributed by atoms with E-state index in [4.69, 9.17) is 0 Å². The number of hydrogen-bond donors (Lipinski definition) is 0. The second-order valence-electron chi connectivity index (χ2n) is 3.75. The number of carbonyl (C=O) groups excluding carboxylic acids is 1. The van der Waals surface area contributed by atoms with Gasteiger partial charge in [-0.1, -0.05) is 6.58 Å². The normalized spacial score (nSPS) is 27.0. The zero-order chi connectivity index (χ0) is 10.7. The third kappa shape index (κ3) is 2.30. The van der Waals surface area contributed by atoms with E-state index in [0.29, 0.717) is 11.3 Å². The number of likely N-dealkylation sites (tertiary alicyclic amines) is 1. The second kappa shape index (κ2) is 4.84. The van der Waals surface area contributed by atoms with E-state index in [1.807, 2.05) is 16.7 Å². The summed E-state index contributed by atoms with van der Waals surface area (Å²) in [6.45, 7) is 5.18. The Labute approximate surface area is 90.1 Å². The quantitative estimate of drug-likeness (QED) is 0.645. The molecule has 2 unspecified atom stereocenters. The minimum Gasteiger partial charge on any atom is -0.336 e. The van der Waals surface area contributed by atoms with Crippen LogP contribution in [-0.4, -0.2) is 60.4 Å². The zero-order valence-corrected chi connectivity index (χ0v) is 9.88. The number of nitrogens with zero attached hydrogens (tertiary/aromatic N) is 2. The molecule has 14 heavy (non-hydrogen) atoms. The maximum absolute atomic E-state index is 11.4. The van der Waals surface area contributed by atoms with Gasteiger partial charge in [-0.3, -0.25) is 4.79 Å². The van der Waals surface area contributed by atoms with Gasteiger partial charge in [-0.25, -0.2) is 0 Å². The molecule has 0 aromatic rings. The highest BCUT2D eigenvalue weighted by molar-refractivity contribution is 7.99. The van der Waals surface area contributed by atoms with Crippen LogP contribution in [-0.2, 0) is 4.79 Å². The standard InChI is InChI=1S/C10H18N2OS/c1-5-10(13)12-6-8(11(2)3)9(7-12)14-4/h5,8-9H,1,6-7H2,2-4H3. The Morgan fingerprint density at radius 2 is 2.21 bits per heavy atom. The average Bonchev–Trinajstić information content (AvgIpc) is 2.60. The first kappa shape index (κ1) is 11.6. The van der Waals surface area contributed by atoms with Gasteiger partial charge >= 0.3 is 0 Å². The summed E-state index contributed by atoms with van der Waals surface area (Å²) < 4.78 is 0. The molecule has 2 atom stereocenters. The van der Waals surface area contributed by atoms with Crippen LogP contribution in [0.2, 0.25) is 0 Å². The molecule has 1 aliphatic rings. The average molecular weight is 214 g/mol. The van der Waals surface area contributed by atoms with E-state index in [-0.39, 0.29) is 5.91 Å². The topological polar surface area (TPSA) is 23.6 Å². The predicted molar refractivity (Wildman–Crippen MR) is 61.6 cm³/mol. The van der Waals surface area contributed by atoms with Crippen molar-refractivity contribution in [1.82, 2.24) is 9.80 Å². The van der Waals surface area contributed by atoms with Crippen molar-refractivity contribution in [1.29, 1.82) is 0 Å². The van der Waals surface area contributed by atoms with E-state index >= 15 is 0 Å². The van der Waals surface area contributed by atoms with E-state index in [1.165, 1.54) is 6.08 Å². The summed E-state index contributed by atoms with van der Waals surface area (Å²) in [6, 6.07) is 0.467. The molecule has 80 valence electrons. The van der Waals surface area contributed by atoms with Gasteiger partial charge in [-0.05, 0) is 26.4 Å². The lowest BCUT2D eigenvalue weighted by molar-refractivity contribution is -0.125. The summed E-state index contributed by atoms with van der Waals surface area (Å²) in [6.07, 6.45) is 3.50. The van der Waals surface area contributed by atoms with E-state index < -0.39 is 0 Å². The first-order chi connectivity index (χ1) is 6.60. The highest BCUT2D eigenvalue weighted by Crippen LogP contribution is 2.23. The minimum absolute atomic E-state index is 0.0494. The molecule has 0 spiro atoms. The molecule has 0 saturated carbocycles. The van der Waals surface area contributed by atoms with Crippen LogP contribution in [0.1, 0.15) is 0 Å². The van der Waals surface area contributed by atoms with E-state index in [0.717, 1.165) is 13.1 Å². The van der Waals surface area contributed by atoms with Crippen molar-refractivity contribution in [3.05, 3.63) is 12.7 Å². The van der Waals surface area contributed by atoms with Crippen LogP contribution in [0.15, 0.2) is 12.7 Å². The van der Waals surface area contributed by atoms with Crippen LogP contribution in [0, 0.1) is 0 Å². The van der Waals surface area contributed by atoms with Gasteiger partial charge in [0, 0.05) is 24.4 Å². The van der Waals surface area contributed by atoms with Gasteiger partial charge < -0.3 is 9.80 Å². The third-order valence-electron chi connectivity index (χ3n) is 2.69. The third-order valence-corrected chi connectivity index (χ3v) is 3.76. The Hall–Kier alpha value is -0.480. The molecule has 1 heterocycles. The first-order valence-corrected chi connectivity index (χ1v) is 5.99. The molecule has 0 N–H and O–H groups in total. The first-order valence-electron chi connectivity index (χ1n) is 4.70. The fourth-order valence-electron chi connectivity index (χ4n) is 1.79. The summed E-state index contributed by atoms with van der Waals surface area (Å²) in [4.78, 5) is 15.5. The number of rotatable bonds is 3. The number of likely N-dealkylation sites (N-methyl/N-ethyl adjacent to an activating group) is 1. The molecular weight excluding hydrogens is 196 g/mol. The van der Waals surface area contributed by atoms with Crippen LogP contribution >= 0.6 is 11.8 Å². The fraction of sp³-hybridized carbons (Fsp3) is 0.700. The number of amides is 1. The highest BCUT2D eigenvalue weighted by atomic mass is 32.2. The second-order valence-corrected chi connectivity index (χ2v) is 4.83. The van der Waals surface area contributed by atoms with Crippen molar-refractivity contribution in [2.75, 3.05) is 33.4 Å². The summed E-state index contributed by atoms with van der Waals surface area (Å²) in [7, 11) is 4.13. The van der Waals surface area contributed by atoms with Gasteiger partial charge in [0.05, 0.1) is 0 Å². The molecule has 0 radical (unpaired) electrons. The monoisotopic (exact) mass is 214 g/mol. The summed E-state index contributed by atoms with van der Waals surface area (Å²) in [5.41, 5.74) is 0. The maximum atomic E-state index is 11.4. The lowest BCUT2D eigenvalue weighted by Crippen LogP contribution is -2.37. The predicted octanol–water partition coefficient (Wildman–Crippen LogP) is 0.676. The van der Waals surface area contributed by atoms with Gasteiger partial charge in [-0.15, -0.1) is 0 Å². The van der Waals surface area contributed by atoms with Crippen LogP contribution in [0.25, 0.3) is 0 Å². The zero-order valence-electron chi connectivity index (χ0n) is 9.06. The Balaban J connectivity index is 2.64. The molecule has 1 fully saturated rings. The lowest BCUT2D eigenvalue weighted by Gasteiger charge is -2.23. The molecule has 1 amide bonds. The molecule has 0 aromatic carbocycles. The van der Waals surface area contributed by atoms with Crippen LogP contribution in [0.5, 0.6) is 0 Å². The SMILES string of the molecule is C=CC(=O)N1CC(SC)C(N(C)C)C1. The Bertz CT molecular complexity index is 230. The van der Waals surface area contributed by atoms with E-state index in [2.05, 4.69) is 31.8 Å². The van der Waals surface area contributed by atoms with Crippen molar-refractivity contribution < 1.29 is 4.79 Å².